The van der Waals surface area contributed by atoms with Gasteiger partial charge < -0.3 is 15.3 Å². The van der Waals surface area contributed by atoms with Gasteiger partial charge in [0.2, 0.25) is 0 Å². The molecule has 7 atom stereocenters. The molecule has 166 valence electrons. The van der Waals surface area contributed by atoms with Crippen molar-refractivity contribution in [2.24, 2.45) is 29.1 Å². The van der Waals surface area contributed by atoms with Crippen LogP contribution in [-0.4, -0.2) is 33.6 Å². The molecule has 4 fully saturated rings. The molecule has 0 radical (unpaired) electrons. The van der Waals surface area contributed by atoms with Crippen LogP contribution in [0.25, 0.3) is 0 Å². The first-order valence-corrected chi connectivity index (χ1v) is 12.1. The zero-order chi connectivity index (χ0) is 21.5. The number of allylic oxidation sites excluding steroid dienone is 4. The molecule has 4 rings (SSSR count). The minimum Gasteiger partial charge on any atom is -0.393 e. The van der Waals surface area contributed by atoms with Crippen molar-refractivity contribution < 1.29 is 15.3 Å². The Labute approximate surface area is 182 Å². The summed E-state index contributed by atoms with van der Waals surface area (Å²) < 4.78 is 0. The second-order valence-electron chi connectivity index (χ2n) is 10.7. The van der Waals surface area contributed by atoms with Gasteiger partial charge in [0, 0.05) is 6.42 Å². The van der Waals surface area contributed by atoms with E-state index in [4.69, 9.17) is 0 Å². The molecule has 0 spiro atoms. The summed E-state index contributed by atoms with van der Waals surface area (Å²) in [7, 11) is 0. The second kappa shape index (κ2) is 8.76. The molecule has 3 nitrogen and oxygen atoms in total. The third kappa shape index (κ3) is 4.40. The maximum atomic E-state index is 10.2. The summed E-state index contributed by atoms with van der Waals surface area (Å²) in [5.41, 5.74) is 3.63. The molecule has 0 aliphatic heterocycles. The average Bonchev–Trinajstić information content (AvgIpc) is 3.49. The van der Waals surface area contributed by atoms with Crippen molar-refractivity contribution in [3.63, 3.8) is 0 Å². The zero-order valence-electron chi connectivity index (χ0n) is 18.8. The fourth-order valence-corrected chi connectivity index (χ4v) is 6.63. The Balaban J connectivity index is 1.48. The lowest BCUT2D eigenvalue weighted by molar-refractivity contribution is 0.0862. The topological polar surface area (TPSA) is 60.7 Å². The molecule has 0 aromatic heterocycles. The van der Waals surface area contributed by atoms with E-state index in [1.54, 1.807) is 0 Å². The lowest BCUT2D eigenvalue weighted by Crippen LogP contribution is -2.35. The SMILES string of the molecule is C=C1/C(=C\C=C2/CCC[C@]3(C)C([C@H](C)/C=C/[C@@H](O)C4CC4)CC[C@@H]23)C[C@@H](O)C[C@@H]1O. The van der Waals surface area contributed by atoms with E-state index in [-0.39, 0.29) is 6.10 Å². The molecular formula is C27H40O3. The largest absolute Gasteiger partial charge is 0.393 e. The molecule has 0 aromatic rings. The first-order valence-electron chi connectivity index (χ1n) is 12.1. The minimum absolute atomic E-state index is 0.250. The molecule has 1 unspecified atom stereocenters. The van der Waals surface area contributed by atoms with E-state index in [9.17, 15) is 15.3 Å². The molecule has 0 heterocycles. The third-order valence-electron chi connectivity index (χ3n) is 8.65. The van der Waals surface area contributed by atoms with Gasteiger partial charge in [-0.2, -0.15) is 0 Å². The van der Waals surface area contributed by atoms with Crippen molar-refractivity contribution in [3.05, 3.63) is 47.6 Å². The van der Waals surface area contributed by atoms with E-state index in [2.05, 4.69) is 44.7 Å². The quantitative estimate of drug-likeness (QED) is 0.551. The summed E-state index contributed by atoms with van der Waals surface area (Å²) in [4.78, 5) is 0. The van der Waals surface area contributed by atoms with E-state index < -0.39 is 12.2 Å². The van der Waals surface area contributed by atoms with Gasteiger partial charge in [-0.1, -0.05) is 50.3 Å². The van der Waals surface area contributed by atoms with E-state index in [1.165, 1.54) is 44.1 Å². The Hall–Kier alpha value is -1.16. The van der Waals surface area contributed by atoms with E-state index >= 15 is 0 Å². The van der Waals surface area contributed by atoms with Crippen molar-refractivity contribution >= 4 is 0 Å². The molecule has 30 heavy (non-hydrogen) atoms. The van der Waals surface area contributed by atoms with Crippen LogP contribution in [0.15, 0.2) is 47.6 Å². The predicted octanol–water partition coefficient (Wildman–Crippen LogP) is 5.09. The molecular weight excluding hydrogens is 372 g/mol. The van der Waals surface area contributed by atoms with Gasteiger partial charge in [0.1, 0.15) is 0 Å². The van der Waals surface area contributed by atoms with Crippen LogP contribution in [-0.2, 0) is 0 Å². The van der Waals surface area contributed by atoms with E-state index in [0.29, 0.717) is 41.9 Å². The zero-order valence-corrected chi connectivity index (χ0v) is 18.8. The molecule has 0 amide bonds. The molecule has 0 aromatic carbocycles. The summed E-state index contributed by atoms with van der Waals surface area (Å²) in [5.74, 6) is 2.28. The first kappa shape index (κ1) is 22.0. The highest BCUT2D eigenvalue weighted by Gasteiger charge is 2.50. The van der Waals surface area contributed by atoms with Gasteiger partial charge in [-0.15, -0.1) is 0 Å². The van der Waals surface area contributed by atoms with Crippen molar-refractivity contribution in [2.75, 3.05) is 0 Å². The van der Waals surface area contributed by atoms with Gasteiger partial charge in [-0.05, 0) is 91.6 Å². The number of aliphatic hydroxyl groups excluding tert-OH is 3. The first-order chi connectivity index (χ1) is 14.3. The van der Waals surface area contributed by atoms with E-state index in [1.807, 2.05) is 0 Å². The highest BCUT2D eigenvalue weighted by molar-refractivity contribution is 5.38. The van der Waals surface area contributed by atoms with Crippen molar-refractivity contribution in [2.45, 2.75) is 89.9 Å². The number of hydrogen-bond acceptors (Lipinski definition) is 3. The Bertz CT molecular complexity index is 743. The average molecular weight is 413 g/mol. The summed E-state index contributed by atoms with van der Waals surface area (Å²) in [5, 5.41) is 30.4. The lowest BCUT2D eigenvalue weighted by Gasteiger charge is -2.44. The van der Waals surface area contributed by atoms with Crippen molar-refractivity contribution in [1.29, 1.82) is 0 Å². The van der Waals surface area contributed by atoms with E-state index in [0.717, 1.165) is 17.6 Å². The molecule has 3 heteroatoms. The van der Waals surface area contributed by atoms with Gasteiger partial charge in [-0.25, -0.2) is 0 Å². The maximum absolute atomic E-state index is 10.2. The van der Waals surface area contributed by atoms with Gasteiger partial charge in [0.15, 0.2) is 0 Å². The summed E-state index contributed by atoms with van der Waals surface area (Å²) in [6, 6.07) is 0. The monoisotopic (exact) mass is 412 g/mol. The highest BCUT2D eigenvalue weighted by atomic mass is 16.3. The number of hydrogen-bond donors (Lipinski definition) is 3. The van der Waals surface area contributed by atoms with Crippen LogP contribution in [0.3, 0.4) is 0 Å². The van der Waals surface area contributed by atoms with Crippen LogP contribution in [0.1, 0.15) is 71.6 Å². The van der Waals surface area contributed by atoms with Gasteiger partial charge in [0.05, 0.1) is 18.3 Å². The van der Waals surface area contributed by atoms with Crippen LogP contribution >= 0.6 is 0 Å². The number of aliphatic hydroxyl groups is 3. The maximum Gasteiger partial charge on any atom is 0.0811 e. The predicted molar refractivity (Wildman–Crippen MR) is 122 cm³/mol. The molecule has 4 aliphatic carbocycles. The van der Waals surface area contributed by atoms with Crippen molar-refractivity contribution in [1.82, 2.24) is 0 Å². The van der Waals surface area contributed by atoms with Crippen LogP contribution in [0.2, 0.25) is 0 Å². The number of rotatable bonds is 5. The highest BCUT2D eigenvalue weighted by Crippen LogP contribution is 2.59. The molecule has 4 saturated carbocycles. The summed E-state index contributed by atoms with van der Waals surface area (Å²) in [6.07, 6.45) is 16.9. The lowest BCUT2D eigenvalue weighted by atomic mass is 9.61. The Kier molecular flexibility index (Phi) is 6.44. The third-order valence-corrected chi connectivity index (χ3v) is 8.65. The van der Waals surface area contributed by atoms with Gasteiger partial charge in [-0.3, -0.25) is 0 Å². The van der Waals surface area contributed by atoms with Gasteiger partial charge in [0.25, 0.3) is 0 Å². The molecule has 0 saturated heterocycles. The fourth-order valence-electron chi connectivity index (χ4n) is 6.63. The van der Waals surface area contributed by atoms with Crippen LogP contribution < -0.4 is 0 Å². The molecule has 4 aliphatic rings. The van der Waals surface area contributed by atoms with Crippen molar-refractivity contribution in [3.8, 4) is 0 Å². The Morgan fingerprint density at radius 1 is 1.10 bits per heavy atom. The van der Waals surface area contributed by atoms with Crippen LogP contribution in [0, 0.1) is 29.1 Å². The number of fused-ring (bicyclic) bond motifs is 1. The summed E-state index contributed by atoms with van der Waals surface area (Å²) in [6.45, 7) is 8.88. The Morgan fingerprint density at radius 3 is 2.60 bits per heavy atom. The van der Waals surface area contributed by atoms with Crippen LogP contribution in [0.4, 0.5) is 0 Å². The second-order valence-corrected chi connectivity index (χ2v) is 10.7. The molecule has 3 N–H and O–H groups in total. The smallest absolute Gasteiger partial charge is 0.0811 e. The van der Waals surface area contributed by atoms with Crippen LogP contribution in [0.5, 0.6) is 0 Å². The minimum atomic E-state index is -0.621. The Morgan fingerprint density at radius 2 is 1.87 bits per heavy atom. The normalized spacial score (nSPS) is 42.1. The van der Waals surface area contributed by atoms with Gasteiger partial charge >= 0.3 is 0 Å². The standard InChI is InChI=1S/C27H40O3/c1-17(6-13-25(29)20-8-9-20)23-11-12-24-19(5-4-14-27(23,24)3)7-10-21-15-22(28)16-26(30)18(21)2/h6-7,10,13,17,20,22-26,28-30H,2,4-5,8-9,11-12,14-16H2,1,3H3/b13-6+,19-7+,21-10-/t17-,22-,23?,24+,25-,26+,27-/m1/s1. The summed E-state index contributed by atoms with van der Waals surface area (Å²) >= 11 is 0. The molecule has 0 bridgehead atoms. The fraction of sp³-hybridized carbons (Fsp3) is 0.704.